The van der Waals surface area contributed by atoms with Crippen LogP contribution in [0.1, 0.15) is 36.5 Å². The van der Waals surface area contributed by atoms with Crippen LogP contribution in [-0.2, 0) is 0 Å². The van der Waals surface area contributed by atoms with Crippen molar-refractivity contribution in [3.8, 4) is 0 Å². The molecule has 0 aliphatic heterocycles. The maximum absolute atomic E-state index is 12.0. The molecule has 2 amide bonds. The highest BCUT2D eigenvalue weighted by Gasteiger charge is 2.12. The monoisotopic (exact) mass is 342 g/mol. The molecular weight excluding hydrogens is 324 g/mol. The number of hydrogen-bond acceptors (Lipinski definition) is 2. The normalized spacial score (nSPS) is 10.2. The van der Waals surface area contributed by atoms with Gasteiger partial charge in [0.1, 0.15) is 0 Å². The number of unbranched alkanes of at least 4 members (excludes halogenated alkanes) is 2. The maximum atomic E-state index is 12.0. The molecule has 0 atom stereocenters. The number of carbonyl (C=O) groups excluding carboxylic acids is 1. The molecule has 5 nitrogen and oxygen atoms in total. The van der Waals surface area contributed by atoms with Gasteiger partial charge in [-0.2, -0.15) is 0 Å². The molecule has 110 valence electrons. The predicted molar refractivity (Wildman–Crippen MR) is 82.3 cm³/mol. The van der Waals surface area contributed by atoms with E-state index in [9.17, 15) is 9.59 Å². The summed E-state index contributed by atoms with van der Waals surface area (Å²) in [6.45, 7) is 2.81. The summed E-state index contributed by atoms with van der Waals surface area (Å²) in [7, 11) is 1.74. The van der Waals surface area contributed by atoms with E-state index in [2.05, 4.69) is 28.2 Å². The van der Waals surface area contributed by atoms with E-state index in [1.807, 2.05) is 0 Å². The highest BCUT2D eigenvalue weighted by atomic mass is 79.9. The third-order valence-electron chi connectivity index (χ3n) is 2.90. The van der Waals surface area contributed by atoms with Crippen molar-refractivity contribution >= 4 is 33.6 Å². The van der Waals surface area contributed by atoms with Crippen LogP contribution < -0.4 is 5.32 Å². The summed E-state index contributed by atoms with van der Waals surface area (Å²) in [5.74, 6) is -1.000. The lowest BCUT2D eigenvalue weighted by atomic mass is 10.2. The topological polar surface area (TPSA) is 69.6 Å². The molecule has 0 unspecified atom stereocenters. The number of aromatic carboxylic acids is 1. The van der Waals surface area contributed by atoms with Gasteiger partial charge in [-0.25, -0.2) is 9.59 Å². The summed E-state index contributed by atoms with van der Waals surface area (Å²) < 4.78 is 0.549. The van der Waals surface area contributed by atoms with E-state index in [-0.39, 0.29) is 11.6 Å². The van der Waals surface area contributed by atoms with E-state index in [0.717, 1.165) is 19.3 Å². The maximum Gasteiger partial charge on any atom is 0.335 e. The Morgan fingerprint density at radius 2 is 2.05 bits per heavy atom. The van der Waals surface area contributed by atoms with E-state index in [1.54, 1.807) is 18.0 Å². The number of amides is 2. The van der Waals surface area contributed by atoms with Gasteiger partial charge in [0.15, 0.2) is 0 Å². The van der Waals surface area contributed by atoms with Crippen molar-refractivity contribution in [1.29, 1.82) is 0 Å². The predicted octanol–water partition coefficient (Wildman–Crippen LogP) is 3.80. The summed E-state index contributed by atoms with van der Waals surface area (Å²) >= 11 is 3.26. The Morgan fingerprint density at radius 3 is 2.60 bits per heavy atom. The Labute approximate surface area is 127 Å². The molecule has 0 spiro atoms. The highest BCUT2D eigenvalue weighted by molar-refractivity contribution is 9.10. The fourth-order valence-corrected chi connectivity index (χ4v) is 2.14. The number of carboxylic acids is 1. The fourth-order valence-electron chi connectivity index (χ4n) is 1.66. The Bertz CT molecular complexity index is 491. The van der Waals surface area contributed by atoms with Crippen molar-refractivity contribution in [3.05, 3.63) is 28.2 Å². The van der Waals surface area contributed by atoms with Gasteiger partial charge in [0.2, 0.25) is 0 Å². The van der Waals surface area contributed by atoms with Crippen LogP contribution in [0.2, 0.25) is 0 Å². The van der Waals surface area contributed by atoms with Crippen LogP contribution in [-0.4, -0.2) is 35.6 Å². The molecule has 0 aliphatic rings. The van der Waals surface area contributed by atoms with E-state index in [0.29, 0.717) is 16.7 Å². The zero-order valence-corrected chi connectivity index (χ0v) is 13.2. The highest BCUT2D eigenvalue weighted by Crippen LogP contribution is 2.24. The fraction of sp³-hybridized carbons (Fsp3) is 0.429. The van der Waals surface area contributed by atoms with Crippen molar-refractivity contribution in [2.24, 2.45) is 0 Å². The molecule has 0 bridgehead atoms. The van der Waals surface area contributed by atoms with Gasteiger partial charge in [0.25, 0.3) is 0 Å². The Kier molecular flexibility index (Phi) is 6.51. The van der Waals surface area contributed by atoms with E-state index >= 15 is 0 Å². The van der Waals surface area contributed by atoms with Gasteiger partial charge >= 0.3 is 12.0 Å². The number of carbonyl (C=O) groups is 2. The minimum Gasteiger partial charge on any atom is -0.478 e. The second kappa shape index (κ2) is 7.89. The van der Waals surface area contributed by atoms with Crippen LogP contribution in [0, 0.1) is 0 Å². The van der Waals surface area contributed by atoms with Crippen molar-refractivity contribution in [2.75, 3.05) is 18.9 Å². The standard InChI is InChI=1S/C14H19BrN2O3/c1-3-4-5-8-17(2)14(20)16-12-7-6-10(13(18)19)9-11(12)15/h6-7,9H,3-5,8H2,1-2H3,(H,16,20)(H,18,19). The molecule has 0 saturated carbocycles. The number of rotatable bonds is 6. The lowest BCUT2D eigenvalue weighted by Crippen LogP contribution is -2.32. The molecule has 0 aliphatic carbocycles. The summed E-state index contributed by atoms with van der Waals surface area (Å²) in [5.41, 5.74) is 0.730. The van der Waals surface area contributed by atoms with E-state index in [4.69, 9.17) is 5.11 Å². The first-order valence-corrected chi connectivity index (χ1v) is 7.30. The van der Waals surface area contributed by atoms with Crippen LogP contribution in [0.25, 0.3) is 0 Å². The van der Waals surface area contributed by atoms with Crippen LogP contribution in [0.15, 0.2) is 22.7 Å². The van der Waals surface area contributed by atoms with Crippen molar-refractivity contribution in [2.45, 2.75) is 26.2 Å². The van der Waals surface area contributed by atoms with Crippen molar-refractivity contribution < 1.29 is 14.7 Å². The van der Waals surface area contributed by atoms with Gasteiger partial charge in [-0.05, 0) is 40.5 Å². The van der Waals surface area contributed by atoms with Gasteiger partial charge in [0, 0.05) is 18.1 Å². The number of hydrogen-bond donors (Lipinski definition) is 2. The van der Waals surface area contributed by atoms with Crippen molar-refractivity contribution in [3.63, 3.8) is 0 Å². The number of anilines is 1. The molecule has 1 aromatic rings. The lowest BCUT2D eigenvalue weighted by Gasteiger charge is -2.18. The Morgan fingerprint density at radius 1 is 1.35 bits per heavy atom. The van der Waals surface area contributed by atoms with Crippen LogP contribution in [0.3, 0.4) is 0 Å². The van der Waals surface area contributed by atoms with Gasteiger partial charge < -0.3 is 15.3 Å². The molecule has 1 aromatic carbocycles. The molecule has 2 N–H and O–H groups in total. The van der Waals surface area contributed by atoms with E-state index in [1.165, 1.54) is 12.1 Å². The van der Waals surface area contributed by atoms with Gasteiger partial charge in [0.05, 0.1) is 11.3 Å². The minimum absolute atomic E-state index is 0.172. The summed E-state index contributed by atoms with van der Waals surface area (Å²) in [5, 5.41) is 11.6. The molecule has 20 heavy (non-hydrogen) atoms. The number of nitrogens with one attached hydrogen (secondary N) is 1. The first-order chi connectivity index (χ1) is 9.45. The molecule has 0 fully saturated rings. The van der Waals surface area contributed by atoms with Crippen LogP contribution in [0.4, 0.5) is 10.5 Å². The second-order valence-corrected chi connectivity index (χ2v) is 5.41. The smallest absolute Gasteiger partial charge is 0.335 e. The number of urea groups is 1. The molecule has 0 aromatic heterocycles. The third kappa shape index (κ3) is 4.85. The Hall–Kier alpha value is -1.56. The number of nitrogens with zero attached hydrogens (tertiary/aromatic N) is 1. The van der Waals surface area contributed by atoms with Crippen LogP contribution >= 0.6 is 15.9 Å². The molecular formula is C14H19BrN2O3. The minimum atomic E-state index is -1.000. The zero-order chi connectivity index (χ0) is 15.1. The largest absolute Gasteiger partial charge is 0.478 e. The summed E-state index contributed by atoms with van der Waals surface area (Å²) in [6.07, 6.45) is 3.17. The molecule has 6 heteroatoms. The molecule has 0 radical (unpaired) electrons. The van der Waals surface area contributed by atoms with Gasteiger partial charge in [-0.1, -0.05) is 19.8 Å². The number of benzene rings is 1. The van der Waals surface area contributed by atoms with Gasteiger partial charge in [-0.3, -0.25) is 0 Å². The summed E-state index contributed by atoms with van der Waals surface area (Å²) in [4.78, 5) is 24.4. The average molecular weight is 343 g/mol. The van der Waals surface area contributed by atoms with Crippen LogP contribution in [0.5, 0.6) is 0 Å². The third-order valence-corrected chi connectivity index (χ3v) is 3.56. The molecule has 1 rings (SSSR count). The van der Waals surface area contributed by atoms with Gasteiger partial charge in [-0.15, -0.1) is 0 Å². The quantitative estimate of drug-likeness (QED) is 0.772. The lowest BCUT2D eigenvalue weighted by molar-refractivity contribution is 0.0697. The average Bonchev–Trinajstić information content (AvgIpc) is 2.40. The Balaban J connectivity index is 2.64. The number of carboxylic acid groups (broad SMARTS) is 1. The van der Waals surface area contributed by atoms with E-state index < -0.39 is 5.97 Å². The number of halogens is 1. The van der Waals surface area contributed by atoms with Crippen molar-refractivity contribution in [1.82, 2.24) is 4.90 Å². The molecule has 0 saturated heterocycles. The molecule has 0 heterocycles. The first kappa shape index (κ1) is 16.5. The SMILES string of the molecule is CCCCCN(C)C(=O)Nc1ccc(C(=O)O)cc1Br. The zero-order valence-electron chi connectivity index (χ0n) is 11.6. The summed E-state index contributed by atoms with van der Waals surface area (Å²) in [6, 6.07) is 4.30. The first-order valence-electron chi connectivity index (χ1n) is 6.50. The second-order valence-electron chi connectivity index (χ2n) is 4.56.